The van der Waals surface area contributed by atoms with Crippen LogP contribution in [0.25, 0.3) is 0 Å². The summed E-state index contributed by atoms with van der Waals surface area (Å²) < 4.78 is 74.8. The van der Waals surface area contributed by atoms with Gasteiger partial charge >= 0.3 is 12.1 Å². The molecule has 396 valence electrons. The van der Waals surface area contributed by atoms with Crippen LogP contribution in [0.2, 0.25) is 25.1 Å². The molecule has 19 heteroatoms. The zero-order valence-corrected chi connectivity index (χ0v) is 46.6. The van der Waals surface area contributed by atoms with Crippen LogP contribution in [-0.2, 0) is 25.5 Å². The molecule has 0 bridgehead atoms. The number of aliphatic imine (C=N–C) groups is 2. The van der Waals surface area contributed by atoms with Crippen molar-refractivity contribution in [2.75, 3.05) is 12.4 Å². The minimum Gasteiger partial charge on any atom is -0.457 e. The van der Waals surface area contributed by atoms with E-state index in [1.54, 1.807) is 62.9 Å². The Hall–Kier alpha value is -6.57. The highest BCUT2D eigenvalue weighted by molar-refractivity contribution is 7.91. The number of rotatable bonds is 14. The number of halogens is 8. The number of nitriles is 1. The summed E-state index contributed by atoms with van der Waals surface area (Å²) in [7, 11) is -1.83. The van der Waals surface area contributed by atoms with E-state index in [2.05, 4.69) is 67.3 Å². The summed E-state index contributed by atoms with van der Waals surface area (Å²) in [6.45, 7) is 11.8. The third-order valence-electron chi connectivity index (χ3n) is 10.9. The number of esters is 1. The van der Waals surface area contributed by atoms with Crippen molar-refractivity contribution in [1.82, 2.24) is 4.90 Å². The number of carbonyl (C=O) groups is 1. The molecule has 0 aliphatic heterocycles. The van der Waals surface area contributed by atoms with E-state index in [0.717, 1.165) is 29.6 Å². The average Bonchev–Trinajstić information content (AvgIpc) is 3.36. The van der Waals surface area contributed by atoms with Gasteiger partial charge in [-0.25, -0.2) is 23.2 Å². The second-order valence-corrected chi connectivity index (χ2v) is 21.4. The van der Waals surface area contributed by atoms with E-state index in [0.29, 0.717) is 22.1 Å². The highest BCUT2D eigenvalue weighted by atomic mass is 35.5. The zero-order chi connectivity index (χ0) is 55.9. The second kappa shape index (κ2) is 27.5. The topological polar surface area (TPSA) is 133 Å². The van der Waals surface area contributed by atoms with Gasteiger partial charge in [-0.3, -0.25) is 0 Å². The van der Waals surface area contributed by atoms with Crippen LogP contribution in [0.3, 0.4) is 0 Å². The van der Waals surface area contributed by atoms with Crippen molar-refractivity contribution in [1.29, 1.82) is 5.26 Å². The molecule has 0 radical (unpaired) electrons. The number of sulfone groups is 1. The summed E-state index contributed by atoms with van der Waals surface area (Å²) >= 11 is 29.3. The van der Waals surface area contributed by atoms with Crippen molar-refractivity contribution in [3.8, 4) is 17.6 Å². The number of hydrogen-bond acceptors (Lipinski definition) is 9. The summed E-state index contributed by atoms with van der Waals surface area (Å²) in [6.07, 6.45) is -2.21. The maximum Gasteiger partial charge on any atom is 0.416 e. The van der Waals surface area contributed by atoms with Gasteiger partial charge in [0, 0.05) is 17.6 Å². The van der Waals surface area contributed by atoms with Gasteiger partial charge in [0.2, 0.25) is 15.9 Å². The average molecular weight is 1150 g/mol. The summed E-state index contributed by atoms with van der Waals surface area (Å²) in [4.78, 5) is 23.8. The van der Waals surface area contributed by atoms with Crippen LogP contribution in [0.15, 0.2) is 165 Å². The minimum atomic E-state index is -4.54. The molecule has 1 N–H and O–H groups in total. The molecule has 0 spiro atoms. The molecule has 0 saturated carbocycles. The molecule has 0 heterocycles. The third kappa shape index (κ3) is 17.5. The Morgan fingerprint density at radius 1 is 0.684 bits per heavy atom. The van der Waals surface area contributed by atoms with E-state index in [9.17, 15) is 31.6 Å². The fourth-order valence-electron chi connectivity index (χ4n) is 6.89. The second-order valence-electron chi connectivity index (χ2n) is 17.4. The molecule has 0 aromatic heterocycles. The molecule has 2 atom stereocenters. The van der Waals surface area contributed by atoms with Crippen molar-refractivity contribution in [3.63, 3.8) is 0 Å². The lowest BCUT2D eigenvalue weighted by Gasteiger charge is -2.24. The Kier molecular flexibility index (Phi) is 21.8. The number of anilines is 1. The van der Waals surface area contributed by atoms with Crippen LogP contribution in [-0.4, -0.2) is 45.1 Å². The van der Waals surface area contributed by atoms with Crippen LogP contribution < -0.4 is 10.1 Å². The van der Waals surface area contributed by atoms with E-state index >= 15 is 0 Å². The van der Waals surface area contributed by atoms with Gasteiger partial charge in [-0.1, -0.05) is 138 Å². The predicted octanol–water partition coefficient (Wildman–Crippen LogP) is 17.4. The van der Waals surface area contributed by atoms with E-state index in [-0.39, 0.29) is 41.5 Å². The number of nitrogens with one attached hydrogen (secondary N) is 1. The van der Waals surface area contributed by atoms with Crippen molar-refractivity contribution >= 4 is 104 Å². The largest absolute Gasteiger partial charge is 0.457 e. The highest BCUT2D eigenvalue weighted by Gasteiger charge is 2.32. The fraction of sp³-hybridized carbons (Fsp3) is 0.193. The summed E-state index contributed by atoms with van der Waals surface area (Å²) in [6, 6.07) is 40.2. The number of benzene rings is 7. The highest BCUT2D eigenvalue weighted by Crippen LogP contribution is 2.37. The van der Waals surface area contributed by atoms with Crippen molar-refractivity contribution in [2.45, 2.75) is 69.7 Å². The number of nitrogens with zero attached hydrogens (tertiary/aromatic N) is 4. The number of para-hydroxylation sites is 1. The molecule has 0 saturated heterocycles. The standard InChI is InChI=1S/C26H22ClF3N2O3.C19H23N3.C12H6Cl4O2S/c1-16(2)24(32-22-12-11-18(14-21(22)27)26(28,29)30)25(33)35-23(15-31)17-7-6-10-20(13-17)34-19-8-4-3-5-9-19;1-14-6-8-18(16(3)10-14)20-12-22(5)13-21-19-9-7-15(2)11-17(19)4;13-7-1-3-8(4-2-7)19(17,18)12-6-10(15)9(14)5-11(12)16/h3-14,16,23-24,32H,1-2H3;6-13H,1-5H3;1-6H/b;20-12+,21-13+;. The lowest BCUT2D eigenvalue weighted by atomic mass is 10.0. The Morgan fingerprint density at radius 2 is 1.25 bits per heavy atom. The number of aryl methyl sites for hydroxylation is 4. The van der Waals surface area contributed by atoms with Crippen LogP contribution in [0.5, 0.6) is 11.5 Å². The smallest absolute Gasteiger partial charge is 0.416 e. The van der Waals surface area contributed by atoms with E-state index in [4.69, 9.17) is 67.5 Å². The Morgan fingerprint density at radius 3 is 1.78 bits per heavy atom. The van der Waals surface area contributed by atoms with Gasteiger partial charge in [0.1, 0.15) is 23.6 Å². The Balaban J connectivity index is 0.000000224. The normalized spacial score (nSPS) is 12.2. The van der Waals surface area contributed by atoms with E-state index < -0.39 is 39.7 Å². The van der Waals surface area contributed by atoms with Gasteiger partial charge in [-0.2, -0.15) is 18.4 Å². The number of alkyl halides is 3. The molecule has 0 aliphatic rings. The first-order chi connectivity index (χ1) is 35.9. The maximum atomic E-state index is 13.0. The zero-order valence-electron chi connectivity index (χ0n) is 42.0. The van der Waals surface area contributed by atoms with Gasteiger partial charge < -0.3 is 19.7 Å². The molecular weight excluding hydrogens is 1100 g/mol. The quantitative estimate of drug-likeness (QED) is 0.0493. The van der Waals surface area contributed by atoms with Gasteiger partial charge in [-0.15, -0.1) is 0 Å². The molecular formula is C57H51Cl5F3N5O5S. The molecule has 10 nitrogen and oxygen atoms in total. The SMILES string of the molecule is CC(C)C(Nc1ccc(C(F)(F)F)cc1Cl)C(=O)OC(C#N)c1cccc(Oc2ccccc2)c1.Cc1ccc(/N=C/N(C)/C=N/c2ccc(C)cc2C)c(C)c1.O=S(=O)(c1ccc(Cl)cc1)c1cc(Cl)c(Cl)cc1Cl. The van der Waals surface area contributed by atoms with Crippen LogP contribution in [0.1, 0.15) is 53.3 Å². The van der Waals surface area contributed by atoms with Crippen molar-refractivity contribution in [3.05, 3.63) is 204 Å². The lowest BCUT2D eigenvalue weighted by Crippen LogP contribution is -2.36. The van der Waals surface area contributed by atoms with Crippen molar-refractivity contribution < 1.29 is 35.9 Å². The lowest BCUT2D eigenvalue weighted by molar-refractivity contribution is -0.149. The molecule has 7 rings (SSSR count). The van der Waals surface area contributed by atoms with Crippen LogP contribution in [0, 0.1) is 44.9 Å². The molecule has 2 unspecified atom stereocenters. The monoisotopic (exact) mass is 1150 g/mol. The summed E-state index contributed by atoms with van der Waals surface area (Å²) in [5.74, 6) is -0.0161. The van der Waals surface area contributed by atoms with Gasteiger partial charge in [0.15, 0.2) is 0 Å². The fourth-order valence-corrected chi connectivity index (χ4v) is 9.50. The Bertz CT molecular complexity index is 3300. The molecule has 0 aliphatic carbocycles. The number of hydrogen-bond donors (Lipinski definition) is 1. The van der Waals surface area contributed by atoms with Gasteiger partial charge in [0.05, 0.1) is 65.2 Å². The minimum absolute atomic E-state index is 0.0179. The first kappa shape index (κ1) is 60.3. The van der Waals surface area contributed by atoms with Crippen LogP contribution in [0.4, 0.5) is 30.2 Å². The molecule has 7 aromatic carbocycles. The summed E-state index contributed by atoms with van der Waals surface area (Å²) in [5.41, 5.74) is 6.47. The molecule has 7 aromatic rings. The Labute approximate surface area is 466 Å². The first-order valence-electron chi connectivity index (χ1n) is 23.0. The van der Waals surface area contributed by atoms with Crippen LogP contribution >= 0.6 is 58.0 Å². The predicted molar refractivity (Wildman–Crippen MR) is 300 cm³/mol. The number of ether oxygens (including phenoxy) is 2. The third-order valence-corrected chi connectivity index (χ3v) is 14.4. The van der Waals surface area contributed by atoms with E-state index in [1.165, 1.54) is 58.7 Å². The molecule has 0 fully saturated rings. The molecule has 0 amide bonds. The van der Waals surface area contributed by atoms with E-state index in [1.807, 2.05) is 48.3 Å². The maximum absolute atomic E-state index is 13.0. The number of carbonyl (C=O) groups excluding carboxylic acids is 1. The summed E-state index contributed by atoms with van der Waals surface area (Å²) in [5, 5.41) is 13.1. The van der Waals surface area contributed by atoms with Gasteiger partial charge in [-0.05, 0) is 136 Å². The first-order valence-corrected chi connectivity index (χ1v) is 26.4. The molecule has 76 heavy (non-hydrogen) atoms. The van der Waals surface area contributed by atoms with Crippen molar-refractivity contribution in [2.24, 2.45) is 15.9 Å². The van der Waals surface area contributed by atoms with Gasteiger partial charge in [0.25, 0.3) is 0 Å².